The summed E-state index contributed by atoms with van der Waals surface area (Å²) in [6.45, 7) is 1.88. The van der Waals surface area contributed by atoms with Crippen LogP contribution in [0.5, 0.6) is 0 Å². The molecule has 0 aromatic rings. The van der Waals surface area contributed by atoms with Crippen molar-refractivity contribution in [1.82, 2.24) is 0 Å². The first-order chi connectivity index (χ1) is 9.31. The molecule has 0 spiro atoms. The van der Waals surface area contributed by atoms with Gasteiger partial charge in [-0.1, -0.05) is 39.0 Å². The van der Waals surface area contributed by atoms with Gasteiger partial charge >= 0.3 is 23.9 Å². The highest BCUT2D eigenvalue weighted by Crippen LogP contribution is 2.54. The van der Waals surface area contributed by atoms with Gasteiger partial charge in [-0.2, -0.15) is 39.5 Å². The molecule has 0 aliphatic carbocycles. The van der Waals surface area contributed by atoms with E-state index >= 15 is 0 Å². The summed E-state index contributed by atoms with van der Waals surface area (Å²) in [4.78, 5) is 0. The van der Waals surface area contributed by atoms with E-state index < -0.39 is 36.8 Å². The predicted molar refractivity (Wildman–Crippen MR) is 58.9 cm³/mol. The second-order valence-corrected chi connectivity index (χ2v) is 4.87. The molecule has 0 radical (unpaired) electrons. The molecular formula is C12H17F9. The molecule has 0 atom stereocenters. The van der Waals surface area contributed by atoms with Gasteiger partial charge in [0.05, 0.1) is 0 Å². The van der Waals surface area contributed by atoms with Gasteiger partial charge in [-0.3, -0.25) is 0 Å². The Kier molecular flexibility index (Phi) is 6.87. The van der Waals surface area contributed by atoms with Crippen LogP contribution in [0.25, 0.3) is 0 Å². The Bertz CT molecular complexity index is 306. The molecule has 21 heavy (non-hydrogen) atoms. The molecule has 9 heteroatoms. The fraction of sp³-hybridized carbons (Fsp3) is 1.00. The van der Waals surface area contributed by atoms with E-state index in [4.69, 9.17) is 0 Å². The van der Waals surface area contributed by atoms with Crippen molar-refractivity contribution >= 4 is 0 Å². The molecule has 128 valence electrons. The van der Waals surface area contributed by atoms with Crippen LogP contribution in [-0.2, 0) is 0 Å². The summed E-state index contributed by atoms with van der Waals surface area (Å²) in [5, 5.41) is 0. The summed E-state index contributed by atoms with van der Waals surface area (Å²) < 4.78 is 112. The maximum atomic E-state index is 13.1. The van der Waals surface area contributed by atoms with Crippen LogP contribution < -0.4 is 0 Å². The third-order valence-corrected chi connectivity index (χ3v) is 3.05. The molecule has 0 N–H and O–H groups in total. The number of alkyl halides is 9. The van der Waals surface area contributed by atoms with E-state index in [0.29, 0.717) is 12.8 Å². The quantitative estimate of drug-likeness (QED) is 0.348. The lowest BCUT2D eigenvalue weighted by Crippen LogP contribution is -2.60. The van der Waals surface area contributed by atoms with E-state index in [-0.39, 0.29) is 6.42 Å². The van der Waals surface area contributed by atoms with Gasteiger partial charge in [0.2, 0.25) is 0 Å². The van der Waals surface area contributed by atoms with Crippen LogP contribution in [-0.4, -0.2) is 23.9 Å². The summed E-state index contributed by atoms with van der Waals surface area (Å²) >= 11 is 0. The molecular weight excluding hydrogens is 315 g/mol. The number of hydrogen-bond acceptors (Lipinski definition) is 0. The Morgan fingerprint density at radius 2 is 1.00 bits per heavy atom. The maximum absolute atomic E-state index is 13.1. The largest absolute Gasteiger partial charge is 0.460 e. The van der Waals surface area contributed by atoms with E-state index in [0.717, 1.165) is 12.8 Å². The van der Waals surface area contributed by atoms with Gasteiger partial charge in [-0.05, 0) is 6.42 Å². The second-order valence-electron chi connectivity index (χ2n) is 4.87. The Labute approximate surface area is 116 Å². The molecule has 0 bridgehead atoms. The average molecular weight is 332 g/mol. The van der Waals surface area contributed by atoms with Gasteiger partial charge < -0.3 is 0 Å². The molecule has 0 aliphatic heterocycles. The fourth-order valence-electron chi connectivity index (χ4n) is 1.69. The van der Waals surface area contributed by atoms with Crippen molar-refractivity contribution in [3.8, 4) is 0 Å². The van der Waals surface area contributed by atoms with Crippen molar-refractivity contribution in [2.45, 2.75) is 75.8 Å². The smallest absolute Gasteiger partial charge is 0.200 e. The van der Waals surface area contributed by atoms with Crippen LogP contribution in [0.3, 0.4) is 0 Å². The van der Waals surface area contributed by atoms with Gasteiger partial charge in [0, 0.05) is 6.42 Å². The molecule has 0 unspecified atom stereocenters. The third kappa shape index (κ3) is 4.67. The van der Waals surface area contributed by atoms with Crippen LogP contribution in [0.15, 0.2) is 0 Å². The number of halogens is 9. The van der Waals surface area contributed by atoms with Crippen LogP contribution in [0, 0.1) is 0 Å². The number of rotatable bonds is 9. The van der Waals surface area contributed by atoms with Crippen molar-refractivity contribution in [3.05, 3.63) is 0 Å². The highest BCUT2D eigenvalue weighted by atomic mass is 19.4. The molecule has 0 nitrogen and oxygen atoms in total. The molecule has 0 aromatic heterocycles. The Morgan fingerprint density at radius 3 is 1.43 bits per heavy atom. The molecule has 0 aliphatic rings. The van der Waals surface area contributed by atoms with E-state index in [1.807, 2.05) is 6.92 Å². The monoisotopic (exact) mass is 332 g/mol. The lowest BCUT2D eigenvalue weighted by atomic mass is 9.98. The van der Waals surface area contributed by atoms with Crippen LogP contribution in [0.1, 0.15) is 51.9 Å². The van der Waals surface area contributed by atoms with Crippen molar-refractivity contribution in [2.75, 3.05) is 0 Å². The van der Waals surface area contributed by atoms with Gasteiger partial charge in [0.15, 0.2) is 0 Å². The van der Waals surface area contributed by atoms with Gasteiger partial charge in [-0.15, -0.1) is 0 Å². The van der Waals surface area contributed by atoms with Crippen LogP contribution in [0.4, 0.5) is 39.5 Å². The van der Waals surface area contributed by atoms with E-state index in [9.17, 15) is 39.5 Å². The number of unbranched alkanes of at least 4 members (excludes halogenated alkanes) is 5. The van der Waals surface area contributed by atoms with E-state index in [2.05, 4.69) is 0 Å². The summed E-state index contributed by atoms with van der Waals surface area (Å²) in [7, 11) is 0. The molecule has 0 rings (SSSR count). The summed E-state index contributed by atoms with van der Waals surface area (Å²) in [5.41, 5.74) is 0. The summed E-state index contributed by atoms with van der Waals surface area (Å²) in [6.07, 6.45) is -6.16. The minimum atomic E-state index is -6.77. The first kappa shape index (κ1) is 20.4. The minimum Gasteiger partial charge on any atom is -0.200 e. The van der Waals surface area contributed by atoms with Gasteiger partial charge in [0.25, 0.3) is 0 Å². The van der Waals surface area contributed by atoms with Crippen LogP contribution >= 0.6 is 0 Å². The molecule has 0 amide bonds. The summed E-state index contributed by atoms with van der Waals surface area (Å²) in [6, 6.07) is 0. The Morgan fingerprint density at radius 1 is 0.571 bits per heavy atom. The first-order valence-corrected chi connectivity index (χ1v) is 6.51. The van der Waals surface area contributed by atoms with Crippen LogP contribution in [0.2, 0.25) is 0 Å². The zero-order valence-corrected chi connectivity index (χ0v) is 11.4. The van der Waals surface area contributed by atoms with Crippen molar-refractivity contribution in [2.24, 2.45) is 0 Å². The molecule has 0 fully saturated rings. The van der Waals surface area contributed by atoms with Crippen molar-refractivity contribution in [3.63, 3.8) is 0 Å². The predicted octanol–water partition coefficient (Wildman–Crippen LogP) is 6.21. The standard InChI is InChI=1S/C12H17F9/c1-2-3-4-5-6-7-8-9(13,14)10(15,16)11(17,18)12(19,20)21/h2-8H2,1H3. The minimum absolute atomic E-state index is 0.0727. The van der Waals surface area contributed by atoms with E-state index in [1.54, 1.807) is 0 Å². The topological polar surface area (TPSA) is 0 Å². The lowest BCUT2D eigenvalue weighted by Gasteiger charge is -2.33. The normalized spacial score (nSPS) is 14.6. The molecule has 0 saturated carbocycles. The van der Waals surface area contributed by atoms with Gasteiger partial charge in [-0.25, -0.2) is 0 Å². The molecule has 0 saturated heterocycles. The molecule has 0 heterocycles. The summed E-state index contributed by atoms with van der Waals surface area (Å²) in [5.74, 6) is -18.7. The SMILES string of the molecule is CCCCCCCCC(F)(F)C(F)(F)C(F)(F)C(F)(F)F. The second kappa shape index (κ2) is 7.09. The average Bonchev–Trinajstić information content (AvgIpc) is 2.31. The zero-order valence-electron chi connectivity index (χ0n) is 11.4. The highest BCUT2D eigenvalue weighted by Gasteiger charge is 2.81. The zero-order chi connectivity index (χ0) is 16.9. The van der Waals surface area contributed by atoms with Crippen molar-refractivity contribution in [1.29, 1.82) is 0 Å². The molecule has 0 aromatic carbocycles. The first-order valence-electron chi connectivity index (χ1n) is 6.51. The highest BCUT2D eigenvalue weighted by molar-refractivity contribution is 5.00. The Balaban J connectivity index is 4.66. The Hall–Kier alpha value is -0.630. The third-order valence-electron chi connectivity index (χ3n) is 3.05. The van der Waals surface area contributed by atoms with Crippen molar-refractivity contribution < 1.29 is 39.5 Å². The maximum Gasteiger partial charge on any atom is 0.460 e. The number of hydrogen-bond donors (Lipinski definition) is 0. The van der Waals surface area contributed by atoms with Gasteiger partial charge in [0.1, 0.15) is 0 Å². The fourth-order valence-corrected chi connectivity index (χ4v) is 1.69. The van der Waals surface area contributed by atoms with E-state index in [1.165, 1.54) is 0 Å². The lowest BCUT2D eigenvalue weighted by molar-refractivity contribution is -0.396.